The molecule has 0 saturated heterocycles. The zero-order valence-electron chi connectivity index (χ0n) is 19.4. The maximum absolute atomic E-state index is 12.7. The van der Waals surface area contributed by atoms with Crippen LogP contribution < -0.4 is 19.7 Å². The molecule has 0 unspecified atom stereocenters. The highest BCUT2D eigenvalue weighted by molar-refractivity contribution is 7.92. The van der Waals surface area contributed by atoms with Crippen LogP contribution in [-0.2, 0) is 10.0 Å². The molecule has 3 rings (SSSR count). The predicted molar refractivity (Wildman–Crippen MR) is 132 cm³/mol. The molecule has 8 nitrogen and oxygen atoms in total. The summed E-state index contributed by atoms with van der Waals surface area (Å²) >= 11 is 0. The van der Waals surface area contributed by atoms with E-state index in [1.54, 1.807) is 55.6 Å². The molecule has 0 heterocycles. The number of anilines is 2. The van der Waals surface area contributed by atoms with Crippen molar-refractivity contribution in [3.05, 3.63) is 83.9 Å². The van der Waals surface area contributed by atoms with Crippen LogP contribution in [-0.4, -0.2) is 33.5 Å². The van der Waals surface area contributed by atoms with Gasteiger partial charge in [-0.2, -0.15) is 0 Å². The van der Waals surface area contributed by atoms with E-state index in [0.717, 1.165) is 5.56 Å². The fourth-order valence-electron chi connectivity index (χ4n) is 2.99. The molecule has 0 saturated carbocycles. The summed E-state index contributed by atoms with van der Waals surface area (Å²) in [6.45, 7) is 5.64. The van der Waals surface area contributed by atoms with Gasteiger partial charge >= 0.3 is 12.0 Å². The van der Waals surface area contributed by atoms with Gasteiger partial charge < -0.3 is 10.1 Å². The molecule has 0 radical (unpaired) electrons. The van der Waals surface area contributed by atoms with Crippen molar-refractivity contribution in [3.8, 4) is 5.75 Å². The summed E-state index contributed by atoms with van der Waals surface area (Å²) in [6.07, 6.45) is 0. The van der Waals surface area contributed by atoms with Crippen LogP contribution in [0.4, 0.5) is 16.2 Å². The number of aryl methyl sites for hydroxylation is 1. The van der Waals surface area contributed by atoms with Gasteiger partial charge in [0.25, 0.3) is 10.0 Å². The second-order valence-corrected chi connectivity index (χ2v) is 9.73. The third-order valence-corrected chi connectivity index (χ3v) is 6.21. The zero-order chi connectivity index (χ0) is 24.9. The Morgan fingerprint density at radius 2 is 1.59 bits per heavy atom. The molecule has 0 aliphatic carbocycles. The average molecular weight is 482 g/mol. The van der Waals surface area contributed by atoms with Crippen molar-refractivity contribution in [1.29, 1.82) is 0 Å². The number of benzene rings is 3. The molecular formula is C25H27N3O5S. The third kappa shape index (κ3) is 6.35. The minimum absolute atomic E-state index is 0.00171. The Balaban J connectivity index is 1.70. The maximum atomic E-state index is 12.7. The van der Waals surface area contributed by atoms with E-state index < -0.39 is 16.0 Å². The maximum Gasteiger partial charge on any atom is 0.343 e. The molecule has 0 aromatic heterocycles. The molecule has 9 heteroatoms. The minimum Gasteiger partial charge on any atom is -0.423 e. The van der Waals surface area contributed by atoms with Crippen molar-refractivity contribution in [1.82, 2.24) is 5.32 Å². The molecule has 34 heavy (non-hydrogen) atoms. The Morgan fingerprint density at radius 3 is 2.21 bits per heavy atom. The second kappa shape index (κ2) is 10.4. The van der Waals surface area contributed by atoms with Gasteiger partial charge in [-0.05, 0) is 75.4 Å². The fraction of sp³-hybridized carbons (Fsp3) is 0.200. The number of carbonyl (C=O) groups excluding carboxylic acids is 2. The SMILES string of the molecule is Cc1ccc(NS(=O)(=O)c2cccc(C(=O)Oc3ccc(N(C)C(=O)NC(C)C)cc3)c2)cc1. The summed E-state index contributed by atoms with van der Waals surface area (Å²) < 4.78 is 33.4. The highest BCUT2D eigenvalue weighted by Gasteiger charge is 2.18. The Bertz CT molecular complexity index is 1270. The Kier molecular flexibility index (Phi) is 7.57. The van der Waals surface area contributed by atoms with Crippen LogP contribution in [0, 0.1) is 6.92 Å². The standard InChI is InChI=1S/C25H27N3O5S/c1-17(2)26-25(30)28(4)21-12-14-22(15-13-21)33-24(29)19-6-5-7-23(16-19)34(31,32)27-20-10-8-18(3)9-11-20/h5-17,27H,1-4H3,(H,26,30). The number of nitrogens with one attached hydrogen (secondary N) is 2. The number of carbonyl (C=O) groups is 2. The lowest BCUT2D eigenvalue weighted by atomic mass is 10.2. The van der Waals surface area contributed by atoms with Crippen molar-refractivity contribution >= 4 is 33.4 Å². The van der Waals surface area contributed by atoms with Crippen LogP contribution in [0.2, 0.25) is 0 Å². The predicted octanol–water partition coefficient (Wildman–Crippen LogP) is 4.57. The summed E-state index contributed by atoms with van der Waals surface area (Å²) in [5.74, 6) is -0.441. The van der Waals surface area contributed by atoms with E-state index in [0.29, 0.717) is 11.4 Å². The van der Waals surface area contributed by atoms with Gasteiger partial charge in [-0.15, -0.1) is 0 Å². The summed E-state index contributed by atoms with van der Waals surface area (Å²) in [5, 5.41) is 2.79. The molecule has 2 N–H and O–H groups in total. The Labute approximate surface area is 199 Å². The first-order valence-corrected chi connectivity index (χ1v) is 12.1. The lowest BCUT2D eigenvalue weighted by Crippen LogP contribution is -2.40. The molecule has 178 valence electrons. The summed E-state index contributed by atoms with van der Waals surface area (Å²) in [7, 11) is -2.25. The largest absolute Gasteiger partial charge is 0.423 e. The summed E-state index contributed by atoms with van der Waals surface area (Å²) in [6, 6.07) is 18.7. The van der Waals surface area contributed by atoms with Gasteiger partial charge in [0.1, 0.15) is 5.75 Å². The first-order valence-electron chi connectivity index (χ1n) is 10.6. The zero-order valence-corrected chi connectivity index (χ0v) is 20.2. The first-order chi connectivity index (χ1) is 16.0. The monoisotopic (exact) mass is 481 g/mol. The van der Waals surface area contributed by atoms with Gasteiger partial charge in [0.2, 0.25) is 0 Å². The molecule has 2 amide bonds. The summed E-state index contributed by atoms with van der Waals surface area (Å²) in [4.78, 5) is 26.1. The van der Waals surface area contributed by atoms with Gasteiger partial charge in [-0.25, -0.2) is 18.0 Å². The minimum atomic E-state index is -3.89. The number of esters is 1. The van der Waals surface area contributed by atoms with Crippen molar-refractivity contribution in [2.75, 3.05) is 16.7 Å². The molecular weight excluding hydrogens is 454 g/mol. The molecule has 3 aromatic carbocycles. The van der Waals surface area contributed by atoms with E-state index in [1.165, 1.54) is 29.2 Å². The van der Waals surface area contributed by atoms with Crippen molar-refractivity contribution < 1.29 is 22.7 Å². The van der Waals surface area contributed by atoms with E-state index in [2.05, 4.69) is 10.0 Å². The molecule has 0 aliphatic rings. The third-order valence-electron chi connectivity index (χ3n) is 4.84. The quantitative estimate of drug-likeness (QED) is 0.380. The number of amides is 2. The van der Waals surface area contributed by atoms with Crippen molar-refractivity contribution in [3.63, 3.8) is 0 Å². The van der Waals surface area contributed by atoms with E-state index in [9.17, 15) is 18.0 Å². The van der Waals surface area contributed by atoms with Gasteiger partial charge in [0, 0.05) is 24.5 Å². The van der Waals surface area contributed by atoms with Crippen LogP contribution in [0.3, 0.4) is 0 Å². The van der Waals surface area contributed by atoms with Crippen LogP contribution in [0.15, 0.2) is 77.7 Å². The fourth-order valence-corrected chi connectivity index (χ4v) is 4.09. The van der Waals surface area contributed by atoms with Crippen LogP contribution in [0.5, 0.6) is 5.75 Å². The lowest BCUT2D eigenvalue weighted by Gasteiger charge is -2.20. The summed E-state index contributed by atoms with van der Waals surface area (Å²) in [5.41, 5.74) is 2.13. The van der Waals surface area contributed by atoms with Crippen LogP contribution in [0.1, 0.15) is 29.8 Å². The van der Waals surface area contributed by atoms with E-state index >= 15 is 0 Å². The Morgan fingerprint density at radius 1 is 0.941 bits per heavy atom. The highest BCUT2D eigenvalue weighted by Crippen LogP contribution is 2.21. The molecule has 3 aromatic rings. The van der Waals surface area contributed by atoms with E-state index in [1.807, 2.05) is 20.8 Å². The molecule has 0 bridgehead atoms. The number of urea groups is 1. The smallest absolute Gasteiger partial charge is 0.343 e. The average Bonchev–Trinajstić information content (AvgIpc) is 2.80. The van der Waals surface area contributed by atoms with Crippen LogP contribution >= 0.6 is 0 Å². The van der Waals surface area contributed by atoms with Crippen LogP contribution in [0.25, 0.3) is 0 Å². The van der Waals surface area contributed by atoms with E-state index in [4.69, 9.17) is 4.74 Å². The molecule has 0 aliphatic heterocycles. The first kappa shape index (κ1) is 24.8. The number of ether oxygens (including phenoxy) is 1. The topological polar surface area (TPSA) is 105 Å². The second-order valence-electron chi connectivity index (χ2n) is 8.05. The van der Waals surface area contributed by atoms with Crippen molar-refractivity contribution in [2.24, 2.45) is 0 Å². The normalized spacial score (nSPS) is 11.1. The number of nitrogens with zero attached hydrogens (tertiary/aromatic N) is 1. The molecule has 0 spiro atoms. The lowest BCUT2D eigenvalue weighted by molar-refractivity contribution is 0.0734. The molecule has 0 fully saturated rings. The number of sulfonamides is 1. The van der Waals surface area contributed by atoms with Gasteiger partial charge in [-0.3, -0.25) is 9.62 Å². The van der Waals surface area contributed by atoms with Gasteiger partial charge in [0.05, 0.1) is 10.5 Å². The number of rotatable bonds is 7. The van der Waals surface area contributed by atoms with Crippen molar-refractivity contribution in [2.45, 2.75) is 31.7 Å². The van der Waals surface area contributed by atoms with Gasteiger partial charge in [0.15, 0.2) is 0 Å². The van der Waals surface area contributed by atoms with Gasteiger partial charge in [-0.1, -0.05) is 23.8 Å². The number of hydrogen-bond acceptors (Lipinski definition) is 5. The number of hydrogen-bond donors (Lipinski definition) is 2. The molecule has 0 atom stereocenters. The van der Waals surface area contributed by atoms with E-state index in [-0.39, 0.29) is 28.3 Å². The highest BCUT2D eigenvalue weighted by atomic mass is 32.2. The Hall–Kier alpha value is -3.85.